The highest BCUT2D eigenvalue weighted by Crippen LogP contribution is 2.40. The number of fused-ring (bicyclic) bond motifs is 2. The largest absolute Gasteiger partial charge is 0.396 e. The molecule has 6 N–H and O–H groups in total. The van der Waals surface area contributed by atoms with Gasteiger partial charge in [0, 0.05) is 10.8 Å². The van der Waals surface area contributed by atoms with E-state index in [-0.39, 0.29) is 22.7 Å². The number of nitrogens with two attached hydrogens (primary N) is 2. The van der Waals surface area contributed by atoms with Crippen LogP contribution in [0.25, 0.3) is 32.7 Å². The minimum Gasteiger partial charge on any atom is -0.396 e. The maximum absolute atomic E-state index is 12.2. The molecule has 6 rings (SSSR count). The van der Waals surface area contributed by atoms with E-state index in [1.165, 1.54) is 12.1 Å². The summed E-state index contributed by atoms with van der Waals surface area (Å²) in [5.74, 6) is 0. The first-order valence-electron chi connectivity index (χ1n) is 14.3. The van der Waals surface area contributed by atoms with Crippen LogP contribution in [0.4, 0.5) is 34.1 Å². The lowest BCUT2D eigenvalue weighted by Crippen LogP contribution is -2.01. The zero-order valence-electron chi connectivity index (χ0n) is 25.5. The molecule has 48 heavy (non-hydrogen) atoms. The first kappa shape index (κ1) is 32.4. The van der Waals surface area contributed by atoms with Crippen molar-refractivity contribution in [2.75, 3.05) is 11.5 Å². The maximum atomic E-state index is 12.2. The Hall–Kier alpha value is -5.54. The van der Waals surface area contributed by atoms with E-state index in [9.17, 15) is 25.9 Å². The van der Waals surface area contributed by atoms with Gasteiger partial charge in [0.05, 0.1) is 22.7 Å². The summed E-state index contributed by atoms with van der Waals surface area (Å²) in [5, 5.41) is 19.0. The van der Waals surface area contributed by atoms with Crippen LogP contribution in [-0.4, -0.2) is 25.9 Å². The Kier molecular flexibility index (Phi) is 8.26. The number of hydrogen-bond donors (Lipinski definition) is 4. The Morgan fingerprint density at radius 1 is 0.521 bits per heavy atom. The normalized spacial score (nSPS) is 12.5. The van der Waals surface area contributed by atoms with E-state index in [1.54, 1.807) is 60.7 Å². The molecule has 242 valence electrons. The number of rotatable bonds is 7. The lowest BCUT2D eigenvalue weighted by Gasteiger charge is -2.11. The van der Waals surface area contributed by atoms with Crippen molar-refractivity contribution in [3.8, 4) is 11.1 Å². The Labute approximate surface area is 276 Å². The average molecular weight is 681 g/mol. The molecule has 6 aromatic rings. The molecule has 0 atom stereocenters. The number of aryl methyl sites for hydroxylation is 2. The molecular formula is C34H28N6O6S2. The molecule has 0 aliphatic carbocycles. The van der Waals surface area contributed by atoms with E-state index in [2.05, 4.69) is 20.5 Å². The van der Waals surface area contributed by atoms with Crippen LogP contribution in [0.1, 0.15) is 11.1 Å². The topological polar surface area (TPSA) is 210 Å². The highest BCUT2D eigenvalue weighted by atomic mass is 32.2. The molecule has 12 nitrogen and oxygen atoms in total. The SMILES string of the molecule is Cc1cc(-c2ccc(N=Nc3c(S(=O)(=O)O)cc4ccccc4c3N)c(C)c2)ccc1N=Nc1c(S(=O)(=O)O)cc2ccccc2c1N. The molecule has 0 aromatic heterocycles. The molecule has 0 heterocycles. The molecule has 0 fully saturated rings. The molecule has 0 saturated carbocycles. The fourth-order valence-corrected chi connectivity index (χ4v) is 6.72. The van der Waals surface area contributed by atoms with Crippen LogP contribution >= 0.6 is 0 Å². The first-order valence-corrected chi connectivity index (χ1v) is 17.2. The number of nitrogens with zero attached hydrogens (tertiary/aromatic N) is 4. The number of nitrogen functional groups attached to an aromatic ring is 2. The van der Waals surface area contributed by atoms with Crippen molar-refractivity contribution in [1.82, 2.24) is 0 Å². The van der Waals surface area contributed by atoms with E-state index in [0.29, 0.717) is 32.9 Å². The number of azo groups is 2. The average Bonchev–Trinajstić information content (AvgIpc) is 3.04. The second kappa shape index (κ2) is 12.2. The lowest BCUT2D eigenvalue weighted by molar-refractivity contribution is 0.481. The third kappa shape index (κ3) is 6.24. The van der Waals surface area contributed by atoms with Crippen molar-refractivity contribution in [1.29, 1.82) is 0 Å². The molecule has 6 aromatic carbocycles. The van der Waals surface area contributed by atoms with Gasteiger partial charge in [-0.05, 0) is 83.3 Å². The van der Waals surface area contributed by atoms with Crippen LogP contribution in [0.3, 0.4) is 0 Å². The lowest BCUT2D eigenvalue weighted by atomic mass is 10.0. The Bertz CT molecular complexity index is 2390. The maximum Gasteiger partial charge on any atom is 0.296 e. The van der Waals surface area contributed by atoms with E-state index in [0.717, 1.165) is 22.3 Å². The third-order valence-electron chi connectivity index (χ3n) is 7.85. The monoisotopic (exact) mass is 680 g/mol. The molecule has 0 spiro atoms. The predicted molar refractivity (Wildman–Crippen MR) is 186 cm³/mol. The van der Waals surface area contributed by atoms with Gasteiger partial charge in [-0.15, -0.1) is 10.2 Å². The Morgan fingerprint density at radius 2 is 0.896 bits per heavy atom. The highest BCUT2D eigenvalue weighted by molar-refractivity contribution is 7.86. The van der Waals surface area contributed by atoms with Crippen LogP contribution in [0.5, 0.6) is 0 Å². The van der Waals surface area contributed by atoms with Crippen molar-refractivity contribution in [2.24, 2.45) is 20.5 Å². The van der Waals surface area contributed by atoms with Crippen LogP contribution in [0.15, 0.2) is 127 Å². The van der Waals surface area contributed by atoms with E-state index in [4.69, 9.17) is 11.5 Å². The van der Waals surface area contributed by atoms with Crippen molar-refractivity contribution in [3.05, 3.63) is 108 Å². The van der Waals surface area contributed by atoms with Gasteiger partial charge in [-0.1, -0.05) is 60.7 Å². The van der Waals surface area contributed by atoms with E-state index in [1.807, 2.05) is 38.1 Å². The van der Waals surface area contributed by atoms with Crippen LogP contribution in [0.2, 0.25) is 0 Å². The molecule has 14 heteroatoms. The zero-order valence-corrected chi connectivity index (χ0v) is 27.2. The Balaban J connectivity index is 1.31. The van der Waals surface area contributed by atoms with Gasteiger partial charge in [-0.3, -0.25) is 9.11 Å². The summed E-state index contributed by atoms with van der Waals surface area (Å²) in [4.78, 5) is -0.885. The number of benzene rings is 6. The van der Waals surface area contributed by atoms with Gasteiger partial charge in [0.2, 0.25) is 0 Å². The second-order valence-corrected chi connectivity index (χ2v) is 13.8. The minimum atomic E-state index is -4.64. The molecule has 0 radical (unpaired) electrons. The summed E-state index contributed by atoms with van der Waals surface area (Å²) >= 11 is 0. The quantitative estimate of drug-likeness (QED) is 0.0725. The molecule has 0 aliphatic heterocycles. The van der Waals surface area contributed by atoms with Gasteiger partial charge in [0.15, 0.2) is 0 Å². The standard InChI is InChI=1S/C34H28N6O6S2/c1-19-15-21(11-13-27(19)37-39-33-29(47(41,42)43)17-23-7-3-5-9-25(23)31(33)35)22-12-14-28(20(2)16-22)38-40-34-30(48(44,45)46)18-24-8-4-6-10-26(24)32(34)36/h3-18H,35-36H2,1-2H3,(H,41,42,43)(H,44,45,46). The summed E-state index contributed by atoms with van der Waals surface area (Å²) in [6.45, 7) is 3.64. The second-order valence-electron chi connectivity index (χ2n) is 11.1. The van der Waals surface area contributed by atoms with Crippen molar-refractivity contribution in [2.45, 2.75) is 23.6 Å². The summed E-state index contributed by atoms with van der Waals surface area (Å²) in [5.41, 5.74) is 16.4. The van der Waals surface area contributed by atoms with Gasteiger partial charge in [0.25, 0.3) is 20.2 Å². The van der Waals surface area contributed by atoms with Gasteiger partial charge >= 0.3 is 0 Å². The third-order valence-corrected chi connectivity index (χ3v) is 9.58. The van der Waals surface area contributed by atoms with Crippen molar-refractivity contribution >= 4 is 75.9 Å². The van der Waals surface area contributed by atoms with E-state index >= 15 is 0 Å². The Morgan fingerprint density at radius 3 is 1.25 bits per heavy atom. The van der Waals surface area contributed by atoms with Crippen molar-refractivity contribution in [3.63, 3.8) is 0 Å². The number of anilines is 2. The van der Waals surface area contributed by atoms with Gasteiger partial charge < -0.3 is 11.5 Å². The summed E-state index contributed by atoms with van der Waals surface area (Å²) in [6.07, 6.45) is 0. The fraction of sp³-hybridized carbons (Fsp3) is 0.0588. The van der Waals surface area contributed by atoms with Crippen LogP contribution in [0, 0.1) is 13.8 Å². The van der Waals surface area contributed by atoms with Gasteiger partial charge in [-0.25, -0.2) is 0 Å². The summed E-state index contributed by atoms with van der Waals surface area (Å²) < 4.78 is 68.3. The highest BCUT2D eigenvalue weighted by Gasteiger charge is 2.22. The van der Waals surface area contributed by atoms with Crippen molar-refractivity contribution < 1.29 is 25.9 Å². The molecule has 0 amide bonds. The fourth-order valence-electron chi connectivity index (χ4n) is 5.38. The molecule has 0 bridgehead atoms. The molecule has 0 unspecified atom stereocenters. The zero-order chi connectivity index (χ0) is 34.4. The van der Waals surface area contributed by atoms with Crippen LogP contribution < -0.4 is 11.5 Å². The van der Waals surface area contributed by atoms with Crippen LogP contribution in [-0.2, 0) is 20.2 Å². The van der Waals surface area contributed by atoms with E-state index < -0.39 is 30.0 Å². The smallest absolute Gasteiger partial charge is 0.296 e. The van der Waals surface area contributed by atoms with Gasteiger partial charge in [-0.2, -0.15) is 27.1 Å². The molecule has 0 aliphatic rings. The summed E-state index contributed by atoms with van der Waals surface area (Å²) in [6, 6.07) is 27.2. The predicted octanol–water partition coefficient (Wildman–Crippen LogP) is 8.77. The minimum absolute atomic E-state index is 0.0731. The number of hydrogen-bond acceptors (Lipinski definition) is 10. The first-order chi connectivity index (χ1) is 22.7. The summed E-state index contributed by atoms with van der Waals surface area (Å²) in [7, 11) is -9.29. The van der Waals surface area contributed by atoms with Gasteiger partial charge in [0.1, 0.15) is 21.2 Å². The molecular weight excluding hydrogens is 653 g/mol. The molecule has 0 saturated heterocycles.